The first kappa shape index (κ1) is 15.4. The van der Waals surface area contributed by atoms with E-state index in [4.69, 9.17) is 4.74 Å². The molecular weight excluding hydrogens is 291 g/mol. The first-order valence-corrected chi connectivity index (χ1v) is 6.39. The van der Waals surface area contributed by atoms with Crippen molar-refractivity contribution in [3.8, 4) is 5.75 Å². The number of nitrogens with one attached hydrogen (secondary N) is 1. The van der Waals surface area contributed by atoms with Crippen molar-refractivity contribution in [3.05, 3.63) is 64.0 Å². The molecule has 0 spiro atoms. The monoisotopic (exact) mass is 304 g/mol. The van der Waals surface area contributed by atoms with Crippen LogP contribution >= 0.6 is 0 Å². The lowest BCUT2D eigenvalue weighted by molar-refractivity contribution is -0.385. The van der Waals surface area contributed by atoms with Crippen LogP contribution in [0.25, 0.3) is 0 Å². The largest absolute Gasteiger partial charge is 0.484 e. The minimum atomic E-state index is -0.514. The van der Waals surface area contributed by atoms with E-state index in [9.17, 15) is 19.3 Å². The molecule has 0 radical (unpaired) electrons. The molecule has 0 saturated carbocycles. The highest BCUT2D eigenvalue weighted by atomic mass is 19.1. The average Bonchev–Trinajstić information content (AvgIpc) is 2.48. The Balaban J connectivity index is 1.99. The van der Waals surface area contributed by atoms with Crippen molar-refractivity contribution < 1.29 is 18.8 Å². The molecule has 0 heterocycles. The summed E-state index contributed by atoms with van der Waals surface area (Å²) in [5.41, 5.74) is 0.641. The van der Waals surface area contributed by atoms with Crippen LogP contribution in [0, 0.1) is 22.9 Å². The van der Waals surface area contributed by atoms with Gasteiger partial charge in [0.2, 0.25) is 0 Å². The van der Waals surface area contributed by atoms with Gasteiger partial charge in [0.05, 0.1) is 16.2 Å². The Labute approximate surface area is 125 Å². The first-order chi connectivity index (χ1) is 10.5. The number of amides is 1. The lowest BCUT2D eigenvalue weighted by Gasteiger charge is -2.09. The Bertz CT molecular complexity index is 701. The highest BCUT2D eigenvalue weighted by Crippen LogP contribution is 2.24. The van der Waals surface area contributed by atoms with Gasteiger partial charge in [-0.1, -0.05) is 6.07 Å². The first-order valence-electron chi connectivity index (χ1n) is 6.39. The van der Waals surface area contributed by atoms with Gasteiger partial charge in [-0.2, -0.15) is 0 Å². The summed E-state index contributed by atoms with van der Waals surface area (Å²) in [7, 11) is 0. The van der Waals surface area contributed by atoms with E-state index >= 15 is 0 Å². The van der Waals surface area contributed by atoms with Crippen LogP contribution in [0.1, 0.15) is 5.56 Å². The minimum absolute atomic E-state index is 0.0720. The highest BCUT2D eigenvalue weighted by Gasteiger charge is 2.14. The van der Waals surface area contributed by atoms with Gasteiger partial charge in [0.15, 0.2) is 6.61 Å². The minimum Gasteiger partial charge on any atom is -0.484 e. The van der Waals surface area contributed by atoms with Crippen molar-refractivity contribution in [1.82, 2.24) is 0 Å². The van der Waals surface area contributed by atoms with Gasteiger partial charge in [0.25, 0.3) is 11.6 Å². The summed E-state index contributed by atoms with van der Waals surface area (Å²) in [6.07, 6.45) is 0. The van der Waals surface area contributed by atoms with Crippen molar-refractivity contribution in [1.29, 1.82) is 0 Å². The van der Waals surface area contributed by atoms with Crippen LogP contribution in [-0.2, 0) is 4.79 Å². The molecule has 7 heteroatoms. The van der Waals surface area contributed by atoms with Gasteiger partial charge >= 0.3 is 0 Å². The number of nitrogens with zero attached hydrogens (tertiary/aromatic N) is 1. The summed E-state index contributed by atoms with van der Waals surface area (Å²) >= 11 is 0. The van der Waals surface area contributed by atoms with E-state index in [-0.39, 0.29) is 12.3 Å². The normalized spacial score (nSPS) is 10.1. The molecule has 0 atom stereocenters. The highest BCUT2D eigenvalue weighted by molar-refractivity contribution is 5.93. The number of benzene rings is 2. The molecule has 6 nitrogen and oxygen atoms in total. The molecular formula is C15H13FN2O4. The van der Waals surface area contributed by atoms with Crippen LogP contribution in [0.5, 0.6) is 5.75 Å². The zero-order chi connectivity index (χ0) is 16.1. The summed E-state index contributed by atoms with van der Waals surface area (Å²) in [6.45, 7) is 1.27. The fraction of sp³-hybridized carbons (Fsp3) is 0.133. The zero-order valence-electron chi connectivity index (χ0n) is 11.7. The Hall–Kier alpha value is -2.96. The maximum absolute atomic E-state index is 12.7. The number of hydrogen-bond acceptors (Lipinski definition) is 4. The smallest absolute Gasteiger partial charge is 0.274 e. The van der Waals surface area contributed by atoms with E-state index in [0.29, 0.717) is 17.0 Å². The molecule has 1 N–H and O–H groups in total. The van der Waals surface area contributed by atoms with Gasteiger partial charge in [-0.05, 0) is 37.3 Å². The molecule has 0 aliphatic carbocycles. The maximum Gasteiger partial charge on any atom is 0.274 e. The van der Waals surface area contributed by atoms with Crippen LogP contribution < -0.4 is 10.1 Å². The number of ether oxygens (including phenoxy) is 1. The van der Waals surface area contributed by atoms with E-state index in [2.05, 4.69) is 5.32 Å². The van der Waals surface area contributed by atoms with E-state index in [1.54, 1.807) is 13.0 Å². The van der Waals surface area contributed by atoms with Gasteiger partial charge < -0.3 is 10.1 Å². The molecule has 0 fully saturated rings. The molecule has 0 saturated heterocycles. The molecule has 2 aromatic rings. The molecule has 0 bridgehead atoms. The molecule has 22 heavy (non-hydrogen) atoms. The second kappa shape index (κ2) is 6.66. The number of rotatable bonds is 5. The summed E-state index contributed by atoms with van der Waals surface area (Å²) in [4.78, 5) is 22.1. The Morgan fingerprint density at radius 1 is 1.27 bits per heavy atom. The Kier molecular flexibility index (Phi) is 4.67. The van der Waals surface area contributed by atoms with E-state index in [1.807, 2.05) is 0 Å². The molecule has 0 aliphatic rings. The van der Waals surface area contributed by atoms with Crippen LogP contribution in [0.2, 0.25) is 0 Å². The van der Waals surface area contributed by atoms with Crippen LogP contribution in [-0.4, -0.2) is 17.4 Å². The van der Waals surface area contributed by atoms with Crippen molar-refractivity contribution in [2.45, 2.75) is 6.92 Å². The fourth-order valence-electron chi connectivity index (χ4n) is 1.82. The van der Waals surface area contributed by atoms with Crippen molar-refractivity contribution in [2.24, 2.45) is 0 Å². The van der Waals surface area contributed by atoms with Crippen molar-refractivity contribution in [2.75, 3.05) is 11.9 Å². The molecule has 0 aliphatic heterocycles. The lowest BCUT2D eigenvalue weighted by atomic mass is 10.1. The van der Waals surface area contributed by atoms with Crippen LogP contribution in [0.3, 0.4) is 0 Å². The molecule has 1 amide bonds. The number of nitro groups is 1. The second-order valence-corrected chi connectivity index (χ2v) is 4.50. The number of halogens is 1. The molecule has 0 aromatic heterocycles. The van der Waals surface area contributed by atoms with Gasteiger partial charge in [-0.25, -0.2) is 4.39 Å². The molecule has 2 aromatic carbocycles. The predicted molar refractivity (Wildman–Crippen MR) is 78.4 cm³/mol. The molecule has 114 valence electrons. The molecule has 2 rings (SSSR count). The number of carbonyl (C=O) groups is 1. The van der Waals surface area contributed by atoms with Crippen LogP contribution in [0.4, 0.5) is 15.8 Å². The van der Waals surface area contributed by atoms with Gasteiger partial charge in [-0.15, -0.1) is 0 Å². The van der Waals surface area contributed by atoms with Crippen molar-refractivity contribution >= 4 is 17.3 Å². The number of hydrogen-bond donors (Lipinski definition) is 1. The third-order valence-corrected chi connectivity index (χ3v) is 2.96. The lowest BCUT2D eigenvalue weighted by Crippen LogP contribution is -2.20. The van der Waals surface area contributed by atoms with Gasteiger partial charge in [0.1, 0.15) is 11.6 Å². The summed E-state index contributed by atoms with van der Waals surface area (Å²) < 4.78 is 17.9. The number of carbonyl (C=O) groups excluding carboxylic acids is 1. The zero-order valence-corrected chi connectivity index (χ0v) is 11.7. The van der Waals surface area contributed by atoms with Gasteiger partial charge in [-0.3, -0.25) is 14.9 Å². The fourth-order valence-corrected chi connectivity index (χ4v) is 1.82. The quantitative estimate of drug-likeness (QED) is 0.680. The average molecular weight is 304 g/mol. The summed E-state index contributed by atoms with van der Waals surface area (Å²) in [5.74, 6) is -0.510. The third kappa shape index (κ3) is 3.78. The van der Waals surface area contributed by atoms with Crippen LogP contribution in [0.15, 0.2) is 42.5 Å². The van der Waals surface area contributed by atoms with Gasteiger partial charge in [0, 0.05) is 6.07 Å². The summed E-state index contributed by atoms with van der Waals surface area (Å²) in [5, 5.41) is 13.4. The standard InChI is InChI=1S/C15H13FN2O4/c1-10-13(3-2-4-14(10)18(20)21)17-15(19)9-22-12-7-5-11(16)6-8-12/h2-8H,9H2,1H3,(H,17,19). The number of anilines is 1. The SMILES string of the molecule is Cc1c(NC(=O)COc2ccc(F)cc2)cccc1[N+](=O)[O-]. The molecule has 0 unspecified atom stereocenters. The second-order valence-electron chi connectivity index (χ2n) is 4.50. The topological polar surface area (TPSA) is 81.5 Å². The third-order valence-electron chi connectivity index (χ3n) is 2.96. The van der Waals surface area contributed by atoms with Crippen molar-refractivity contribution in [3.63, 3.8) is 0 Å². The summed E-state index contributed by atoms with van der Waals surface area (Å²) in [6, 6.07) is 9.66. The predicted octanol–water partition coefficient (Wildman–Crippen LogP) is 3.06. The van der Waals surface area contributed by atoms with E-state index in [0.717, 1.165) is 0 Å². The Morgan fingerprint density at radius 3 is 2.59 bits per heavy atom. The number of nitro benzene ring substituents is 1. The maximum atomic E-state index is 12.7. The van der Waals surface area contributed by atoms with E-state index < -0.39 is 16.6 Å². The van der Waals surface area contributed by atoms with E-state index in [1.165, 1.54) is 36.4 Å². The Morgan fingerprint density at radius 2 is 1.95 bits per heavy atom.